The van der Waals surface area contributed by atoms with Gasteiger partial charge in [0.05, 0.1) is 17.5 Å². The first-order valence-electron chi connectivity index (χ1n) is 12.2. The van der Waals surface area contributed by atoms with Crippen LogP contribution in [0.15, 0.2) is 70.9 Å². The van der Waals surface area contributed by atoms with E-state index >= 15 is 0 Å². The van der Waals surface area contributed by atoms with Crippen LogP contribution in [0.3, 0.4) is 0 Å². The highest BCUT2D eigenvalue weighted by Crippen LogP contribution is 2.39. The Balaban J connectivity index is 1.43. The molecule has 0 saturated heterocycles. The summed E-state index contributed by atoms with van der Waals surface area (Å²) >= 11 is 1.73. The number of amides is 1. The summed E-state index contributed by atoms with van der Waals surface area (Å²) < 4.78 is 28.8. The fourth-order valence-electron chi connectivity index (χ4n) is 4.84. The number of hydrogen-bond donors (Lipinski definition) is 0. The van der Waals surface area contributed by atoms with Gasteiger partial charge in [0.1, 0.15) is 0 Å². The number of nitrogens with zero attached hydrogens (tertiary/aromatic N) is 2. The Morgan fingerprint density at radius 1 is 1.03 bits per heavy atom. The van der Waals surface area contributed by atoms with Crippen molar-refractivity contribution in [1.29, 1.82) is 0 Å². The molecule has 0 N–H and O–H groups in total. The van der Waals surface area contributed by atoms with Crippen molar-refractivity contribution in [3.05, 3.63) is 87.6 Å². The van der Waals surface area contributed by atoms with E-state index in [0.717, 1.165) is 36.0 Å². The van der Waals surface area contributed by atoms with Gasteiger partial charge in [-0.1, -0.05) is 63.2 Å². The van der Waals surface area contributed by atoms with E-state index in [-0.39, 0.29) is 34.8 Å². The quantitative estimate of drug-likeness (QED) is 0.450. The van der Waals surface area contributed by atoms with Crippen molar-refractivity contribution < 1.29 is 13.2 Å². The van der Waals surface area contributed by atoms with E-state index in [2.05, 4.69) is 32.2 Å². The largest absolute Gasteiger partial charge is 0.330 e. The van der Waals surface area contributed by atoms with Crippen molar-refractivity contribution in [2.75, 3.05) is 13.1 Å². The van der Waals surface area contributed by atoms with Crippen molar-refractivity contribution in [2.45, 2.75) is 62.4 Å². The van der Waals surface area contributed by atoms with Crippen molar-refractivity contribution in [1.82, 2.24) is 9.21 Å². The summed E-state index contributed by atoms with van der Waals surface area (Å²) in [4.78, 5) is 17.2. The van der Waals surface area contributed by atoms with Crippen LogP contribution in [0.5, 0.6) is 0 Å². The summed E-state index contributed by atoms with van der Waals surface area (Å²) in [5, 5.41) is 2.08. The summed E-state index contributed by atoms with van der Waals surface area (Å²) in [5.74, 6) is -0.141. The molecule has 1 fully saturated rings. The van der Waals surface area contributed by atoms with Crippen LogP contribution >= 0.6 is 11.3 Å². The number of carbonyl (C=O) groups is 1. The van der Waals surface area contributed by atoms with Crippen molar-refractivity contribution in [3.63, 3.8) is 0 Å². The average Bonchev–Trinajstić information content (AvgIpc) is 3.57. The van der Waals surface area contributed by atoms with E-state index in [1.807, 2.05) is 47.4 Å². The lowest BCUT2D eigenvalue weighted by Gasteiger charge is -2.37. The highest BCUT2D eigenvalue weighted by molar-refractivity contribution is 7.89. The molecule has 1 aliphatic carbocycles. The van der Waals surface area contributed by atoms with Crippen LogP contribution in [0, 0.1) is 0 Å². The molecule has 0 bridgehead atoms. The number of rotatable bonds is 6. The van der Waals surface area contributed by atoms with Gasteiger partial charge in [-0.15, -0.1) is 11.3 Å². The molecule has 1 unspecified atom stereocenters. The number of sulfonamides is 1. The molecule has 2 aliphatic rings. The first-order chi connectivity index (χ1) is 16.7. The Kier molecular flexibility index (Phi) is 6.36. The lowest BCUT2D eigenvalue weighted by molar-refractivity contribution is -0.133. The number of thiophene rings is 1. The smallest absolute Gasteiger partial charge is 0.243 e. The molecule has 1 amide bonds. The Morgan fingerprint density at radius 2 is 1.71 bits per heavy atom. The normalized spacial score (nSPS) is 18.5. The van der Waals surface area contributed by atoms with Gasteiger partial charge in [-0.05, 0) is 64.9 Å². The minimum Gasteiger partial charge on any atom is -0.330 e. The van der Waals surface area contributed by atoms with Crippen LogP contribution in [-0.2, 0) is 26.7 Å². The van der Waals surface area contributed by atoms with Crippen LogP contribution in [0.4, 0.5) is 0 Å². The molecule has 184 valence electrons. The van der Waals surface area contributed by atoms with E-state index in [0.29, 0.717) is 6.54 Å². The van der Waals surface area contributed by atoms with Crippen LogP contribution < -0.4 is 0 Å². The number of fused-ring (bicyclic) bond motifs is 1. The monoisotopic (exact) mass is 508 g/mol. The summed E-state index contributed by atoms with van der Waals surface area (Å²) in [6.45, 7) is 6.77. The van der Waals surface area contributed by atoms with Crippen molar-refractivity contribution >= 4 is 27.3 Å². The lowest BCUT2D eigenvalue weighted by Crippen LogP contribution is -2.47. The molecular weight excluding hydrogens is 476 g/mol. The predicted octanol–water partition coefficient (Wildman–Crippen LogP) is 5.37. The Hall–Kier alpha value is -2.48. The second-order valence-corrected chi connectivity index (χ2v) is 13.4. The zero-order valence-corrected chi connectivity index (χ0v) is 22.1. The first-order valence-corrected chi connectivity index (χ1v) is 14.5. The van der Waals surface area contributed by atoms with Crippen molar-refractivity contribution in [3.8, 4) is 0 Å². The van der Waals surface area contributed by atoms with Gasteiger partial charge in [0.15, 0.2) is 0 Å². The Morgan fingerprint density at radius 3 is 2.34 bits per heavy atom. The lowest BCUT2D eigenvalue weighted by atomic mass is 9.87. The fourth-order valence-corrected chi connectivity index (χ4v) is 7.38. The van der Waals surface area contributed by atoms with E-state index in [4.69, 9.17) is 0 Å². The third kappa shape index (κ3) is 4.82. The highest BCUT2D eigenvalue weighted by Gasteiger charge is 2.42. The van der Waals surface area contributed by atoms with Gasteiger partial charge in [0.25, 0.3) is 0 Å². The molecule has 0 spiro atoms. The van der Waals surface area contributed by atoms with E-state index in [9.17, 15) is 13.2 Å². The maximum absolute atomic E-state index is 13.7. The highest BCUT2D eigenvalue weighted by atomic mass is 32.2. The second kappa shape index (κ2) is 9.19. The molecule has 1 atom stereocenters. The molecule has 1 aliphatic heterocycles. The van der Waals surface area contributed by atoms with Gasteiger partial charge in [-0.3, -0.25) is 4.79 Å². The van der Waals surface area contributed by atoms with Crippen LogP contribution in [-0.4, -0.2) is 42.7 Å². The SMILES string of the molecule is CC(C)(C)c1ccc(S(=O)(=O)N(CC(=O)N2CCc3sccc3C2c2ccccc2)C2CC2)cc1. The van der Waals surface area contributed by atoms with Crippen LogP contribution in [0.25, 0.3) is 0 Å². The molecule has 2 aromatic carbocycles. The molecule has 2 heterocycles. The molecule has 1 aromatic heterocycles. The topological polar surface area (TPSA) is 57.7 Å². The summed E-state index contributed by atoms with van der Waals surface area (Å²) in [6, 6.07) is 19.0. The van der Waals surface area contributed by atoms with E-state index < -0.39 is 10.0 Å². The molecule has 3 aromatic rings. The van der Waals surface area contributed by atoms with Gasteiger partial charge >= 0.3 is 0 Å². The standard InChI is InChI=1S/C28H32N2O3S2/c1-28(2,3)21-9-13-23(14-10-21)35(32,33)30(22-11-12-22)19-26(31)29-17-15-25-24(16-18-34-25)27(29)20-7-5-4-6-8-20/h4-10,13-14,16,18,22,27H,11-12,15,17,19H2,1-3H3. The van der Waals surface area contributed by atoms with Gasteiger partial charge in [0.2, 0.25) is 15.9 Å². The molecular formula is C28H32N2O3S2. The Labute approximate surface area is 212 Å². The summed E-state index contributed by atoms with van der Waals surface area (Å²) in [6.07, 6.45) is 2.39. The first kappa shape index (κ1) is 24.2. The van der Waals surface area contributed by atoms with Gasteiger partial charge in [-0.2, -0.15) is 4.31 Å². The van der Waals surface area contributed by atoms with Gasteiger partial charge in [-0.25, -0.2) is 8.42 Å². The van der Waals surface area contributed by atoms with Crippen LogP contribution in [0.2, 0.25) is 0 Å². The number of carbonyl (C=O) groups excluding carboxylic acids is 1. The fraction of sp³-hybridized carbons (Fsp3) is 0.393. The zero-order valence-electron chi connectivity index (χ0n) is 20.5. The molecule has 7 heteroatoms. The van der Waals surface area contributed by atoms with E-state index in [1.54, 1.807) is 23.5 Å². The zero-order chi connectivity index (χ0) is 24.8. The molecule has 0 radical (unpaired) electrons. The number of hydrogen-bond acceptors (Lipinski definition) is 4. The molecule has 1 saturated carbocycles. The van der Waals surface area contributed by atoms with Crippen LogP contribution in [0.1, 0.15) is 61.2 Å². The van der Waals surface area contributed by atoms with Crippen molar-refractivity contribution in [2.24, 2.45) is 0 Å². The maximum atomic E-state index is 13.7. The second-order valence-electron chi connectivity index (χ2n) is 10.5. The maximum Gasteiger partial charge on any atom is 0.243 e. The minimum absolute atomic E-state index is 0.0599. The molecule has 5 nitrogen and oxygen atoms in total. The average molecular weight is 509 g/mol. The minimum atomic E-state index is -3.78. The predicted molar refractivity (Wildman–Crippen MR) is 140 cm³/mol. The molecule has 35 heavy (non-hydrogen) atoms. The third-order valence-electron chi connectivity index (χ3n) is 6.97. The molecule has 5 rings (SSSR count). The summed E-state index contributed by atoms with van der Waals surface area (Å²) in [5.41, 5.74) is 3.23. The number of benzene rings is 2. The summed E-state index contributed by atoms with van der Waals surface area (Å²) in [7, 11) is -3.78. The van der Waals surface area contributed by atoms with E-state index in [1.165, 1.54) is 9.18 Å². The van der Waals surface area contributed by atoms with Gasteiger partial charge < -0.3 is 4.90 Å². The Bertz CT molecular complexity index is 1300. The van der Waals surface area contributed by atoms with Gasteiger partial charge in [0, 0.05) is 17.5 Å². The third-order valence-corrected chi connectivity index (χ3v) is 9.88.